The third-order valence-electron chi connectivity index (χ3n) is 4.50. The zero-order valence-corrected chi connectivity index (χ0v) is 11.2. The largest absolute Gasteiger partial charge is 0.307 e. The average molecular weight is 241 g/mol. The van der Waals surface area contributed by atoms with Crippen LogP contribution in [0.2, 0.25) is 0 Å². The quantitative estimate of drug-likeness (QED) is 0.760. The van der Waals surface area contributed by atoms with Crippen molar-refractivity contribution in [3.63, 3.8) is 0 Å². The van der Waals surface area contributed by atoms with Crippen LogP contribution >= 0.6 is 0 Å². The van der Waals surface area contributed by atoms with Crippen LogP contribution in [-0.2, 0) is 0 Å². The molecule has 0 heterocycles. The van der Waals surface area contributed by atoms with E-state index in [1.165, 1.54) is 32.1 Å². The molecule has 0 aromatic heterocycles. The fraction of sp³-hybridized carbons (Fsp3) is 0.529. The van der Waals surface area contributed by atoms with Gasteiger partial charge in [0.25, 0.3) is 0 Å². The van der Waals surface area contributed by atoms with Crippen molar-refractivity contribution in [3.05, 3.63) is 47.5 Å². The predicted octanol–water partition coefficient (Wildman–Crippen LogP) is 4.32. The van der Waals surface area contributed by atoms with Gasteiger partial charge in [0.15, 0.2) is 0 Å². The van der Waals surface area contributed by atoms with E-state index in [0.717, 1.165) is 5.92 Å². The fourth-order valence-electron chi connectivity index (χ4n) is 3.41. The Morgan fingerprint density at radius 3 is 2.61 bits per heavy atom. The molecule has 1 aromatic carbocycles. The number of allylic oxidation sites excluding steroid dienone is 1. The highest BCUT2D eigenvalue weighted by molar-refractivity contribution is 5.35. The maximum Gasteiger partial charge on any atom is 0.0325 e. The van der Waals surface area contributed by atoms with E-state index < -0.39 is 0 Å². The topological polar surface area (TPSA) is 12.0 Å². The van der Waals surface area contributed by atoms with Gasteiger partial charge in [-0.25, -0.2) is 0 Å². The molecule has 1 nitrogen and oxygen atoms in total. The third kappa shape index (κ3) is 2.37. The van der Waals surface area contributed by atoms with Crippen molar-refractivity contribution < 1.29 is 0 Å². The minimum atomic E-state index is 0.578. The maximum absolute atomic E-state index is 3.88. The molecule has 96 valence electrons. The molecule has 3 rings (SSSR count). The van der Waals surface area contributed by atoms with Crippen molar-refractivity contribution >= 4 is 0 Å². The number of fused-ring (bicyclic) bond motifs is 1. The first kappa shape index (κ1) is 12.0. The van der Waals surface area contributed by atoms with Gasteiger partial charge in [-0.05, 0) is 49.1 Å². The molecular formula is C17H23N. The van der Waals surface area contributed by atoms with Crippen LogP contribution in [0.25, 0.3) is 0 Å². The van der Waals surface area contributed by atoms with Gasteiger partial charge < -0.3 is 5.32 Å². The molecule has 1 aromatic rings. The second kappa shape index (κ2) is 5.27. The van der Waals surface area contributed by atoms with Crippen molar-refractivity contribution in [1.82, 2.24) is 5.32 Å². The summed E-state index contributed by atoms with van der Waals surface area (Å²) in [6.07, 6.45) is 11.0. The van der Waals surface area contributed by atoms with Crippen LogP contribution in [0.3, 0.4) is 0 Å². The zero-order valence-electron chi connectivity index (χ0n) is 11.2. The van der Waals surface area contributed by atoms with Crippen molar-refractivity contribution in [2.24, 2.45) is 0 Å². The zero-order chi connectivity index (χ0) is 12.4. The minimum Gasteiger partial charge on any atom is -0.307 e. The van der Waals surface area contributed by atoms with E-state index in [2.05, 4.69) is 48.7 Å². The summed E-state index contributed by atoms with van der Waals surface area (Å²) in [5.41, 5.74) is 3.11. The highest BCUT2D eigenvalue weighted by Gasteiger charge is 2.25. The molecule has 18 heavy (non-hydrogen) atoms. The third-order valence-corrected chi connectivity index (χ3v) is 4.50. The van der Waals surface area contributed by atoms with Crippen LogP contribution in [0.15, 0.2) is 36.4 Å². The summed E-state index contributed by atoms with van der Waals surface area (Å²) in [5, 5.41) is 3.88. The van der Waals surface area contributed by atoms with Crippen LogP contribution < -0.4 is 5.32 Å². The number of rotatable bonds is 2. The number of benzene rings is 1. The molecule has 0 saturated heterocycles. The molecule has 0 spiro atoms. The Hall–Kier alpha value is -1.08. The smallest absolute Gasteiger partial charge is 0.0325 e. The van der Waals surface area contributed by atoms with Crippen molar-refractivity contribution in [2.75, 3.05) is 0 Å². The van der Waals surface area contributed by atoms with E-state index in [9.17, 15) is 0 Å². The van der Waals surface area contributed by atoms with Gasteiger partial charge in [-0.3, -0.25) is 0 Å². The lowest BCUT2D eigenvalue weighted by molar-refractivity contribution is 0.363. The van der Waals surface area contributed by atoms with Gasteiger partial charge in [-0.2, -0.15) is 0 Å². The summed E-state index contributed by atoms with van der Waals surface area (Å²) in [6.45, 7) is 2.36. The SMILES string of the molecule is CC1CCC(NC2CC=CCC2)c2ccccc21. The van der Waals surface area contributed by atoms with Crippen molar-refractivity contribution in [2.45, 2.75) is 57.0 Å². The molecule has 0 bridgehead atoms. The van der Waals surface area contributed by atoms with Crippen LogP contribution in [0.4, 0.5) is 0 Å². The summed E-state index contributed by atoms with van der Waals surface area (Å²) in [5.74, 6) is 0.727. The number of hydrogen-bond acceptors (Lipinski definition) is 1. The number of nitrogens with one attached hydrogen (secondary N) is 1. The number of hydrogen-bond donors (Lipinski definition) is 1. The van der Waals surface area contributed by atoms with Crippen molar-refractivity contribution in [1.29, 1.82) is 0 Å². The lowest BCUT2D eigenvalue weighted by Crippen LogP contribution is -2.35. The van der Waals surface area contributed by atoms with Crippen LogP contribution in [-0.4, -0.2) is 6.04 Å². The second-order valence-electron chi connectivity index (χ2n) is 5.81. The fourth-order valence-corrected chi connectivity index (χ4v) is 3.41. The molecule has 0 aliphatic heterocycles. The molecule has 3 atom stereocenters. The van der Waals surface area contributed by atoms with Gasteiger partial charge >= 0.3 is 0 Å². The second-order valence-corrected chi connectivity index (χ2v) is 5.81. The Kier molecular flexibility index (Phi) is 3.51. The molecule has 1 N–H and O–H groups in total. The Bertz CT molecular complexity index is 435. The van der Waals surface area contributed by atoms with E-state index in [0.29, 0.717) is 12.1 Å². The van der Waals surface area contributed by atoms with E-state index in [1.807, 2.05) is 0 Å². The molecule has 2 aliphatic rings. The highest BCUT2D eigenvalue weighted by Crippen LogP contribution is 2.37. The van der Waals surface area contributed by atoms with Gasteiger partial charge in [0.1, 0.15) is 0 Å². The van der Waals surface area contributed by atoms with Crippen molar-refractivity contribution in [3.8, 4) is 0 Å². The normalized spacial score (nSPS) is 31.1. The van der Waals surface area contributed by atoms with Gasteiger partial charge in [-0.15, -0.1) is 0 Å². The van der Waals surface area contributed by atoms with Gasteiger partial charge in [0.2, 0.25) is 0 Å². The lowest BCUT2D eigenvalue weighted by atomic mass is 9.80. The first-order valence-electron chi connectivity index (χ1n) is 7.34. The van der Waals surface area contributed by atoms with E-state index in [1.54, 1.807) is 11.1 Å². The molecule has 1 heteroatoms. The Morgan fingerprint density at radius 1 is 1.00 bits per heavy atom. The molecule has 2 aliphatic carbocycles. The van der Waals surface area contributed by atoms with Gasteiger partial charge in [0, 0.05) is 12.1 Å². The molecule has 0 saturated carbocycles. The summed E-state index contributed by atoms with van der Waals surface area (Å²) in [7, 11) is 0. The van der Waals surface area contributed by atoms with E-state index in [-0.39, 0.29) is 0 Å². The first-order valence-corrected chi connectivity index (χ1v) is 7.34. The minimum absolute atomic E-state index is 0.578. The molecule has 0 amide bonds. The standard InChI is InChI=1S/C17H23N/c1-13-11-12-17(16-10-6-5-9-15(13)16)18-14-7-3-2-4-8-14/h2-3,5-6,9-10,13-14,17-18H,4,7-8,11-12H2,1H3. The maximum atomic E-state index is 3.88. The molecule has 0 fully saturated rings. The summed E-state index contributed by atoms with van der Waals surface area (Å²) in [6, 6.07) is 10.3. The molecule has 3 unspecified atom stereocenters. The van der Waals surface area contributed by atoms with Gasteiger partial charge in [-0.1, -0.05) is 43.3 Å². The molecular weight excluding hydrogens is 218 g/mol. The van der Waals surface area contributed by atoms with Crippen LogP contribution in [0.1, 0.15) is 62.1 Å². The Balaban J connectivity index is 1.77. The summed E-state index contributed by atoms with van der Waals surface area (Å²) >= 11 is 0. The van der Waals surface area contributed by atoms with E-state index >= 15 is 0 Å². The molecule has 0 radical (unpaired) electrons. The van der Waals surface area contributed by atoms with E-state index in [4.69, 9.17) is 0 Å². The predicted molar refractivity (Wildman–Crippen MR) is 76.7 cm³/mol. The van der Waals surface area contributed by atoms with Gasteiger partial charge in [0.05, 0.1) is 0 Å². The first-order chi connectivity index (χ1) is 8.84. The lowest BCUT2D eigenvalue weighted by Gasteiger charge is -2.33. The Morgan fingerprint density at radius 2 is 1.83 bits per heavy atom. The highest BCUT2D eigenvalue weighted by atomic mass is 15.0. The van der Waals surface area contributed by atoms with Crippen LogP contribution in [0, 0.1) is 0 Å². The summed E-state index contributed by atoms with van der Waals surface area (Å²) in [4.78, 5) is 0. The van der Waals surface area contributed by atoms with Crippen LogP contribution in [0.5, 0.6) is 0 Å². The Labute approximate surface area is 110 Å². The monoisotopic (exact) mass is 241 g/mol. The summed E-state index contributed by atoms with van der Waals surface area (Å²) < 4.78 is 0. The average Bonchev–Trinajstić information content (AvgIpc) is 2.44.